The Balaban J connectivity index is 1.45. The maximum Gasteiger partial charge on any atom is 0.244 e. The number of hydrogen-bond donors (Lipinski definition) is 1. The van der Waals surface area contributed by atoms with Crippen molar-refractivity contribution in [2.45, 2.75) is 13.1 Å². The highest BCUT2D eigenvalue weighted by Gasteiger charge is 2.20. The minimum absolute atomic E-state index is 0.0793. The molecule has 0 aliphatic carbocycles. The highest BCUT2D eigenvalue weighted by atomic mass is 19.1. The maximum absolute atomic E-state index is 13.9. The molecule has 1 fully saturated rings. The number of nitrogens with zero attached hydrogens (tertiary/aromatic N) is 3. The van der Waals surface area contributed by atoms with Crippen molar-refractivity contribution >= 4 is 17.3 Å². The minimum Gasteiger partial charge on any atom is -0.491 e. The zero-order valence-electron chi connectivity index (χ0n) is 19.1. The third kappa shape index (κ3) is 6.02. The number of hydrogen-bond acceptors (Lipinski definition) is 5. The number of pyridine rings is 1. The highest BCUT2D eigenvalue weighted by Crippen LogP contribution is 2.19. The number of rotatable bonds is 7. The number of halogens is 3. The SMILES string of the molecule is COc1cn(CC(=O)Nc2ccc(F)cc2F)c(CN2CCN(c3ccc(F)cc3)CC2)cc1=O. The molecule has 184 valence electrons. The zero-order valence-corrected chi connectivity index (χ0v) is 19.1. The van der Waals surface area contributed by atoms with E-state index in [9.17, 15) is 22.8 Å². The minimum atomic E-state index is -0.880. The molecule has 0 bridgehead atoms. The number of piperazine rings is 1. The van der Waals surface area contributed by atoms with Crippen molar-refractivity contribution in [2.24, 2.45) is 0 Å². The van der Waals surface area contributed by atoms with Crippen molar-refractivity contribution < 1.29 is 22.7 Å². The van der Waals surface area contributed by atoms with Gasteiger partial charge in [-0.2, -0.15) is 0 Å². The van der Waals surface area contributed by atoms with Crippen LogP contribution < -0.4 is 20.4 Å². The fourth-order valence-corrected chi connectivity index (χ4v) is 4.01. The molecule has 1 N–H and O–H groups in total. The molecule has 4 rings (SSSR count). The molecule has 3 aromatic rings. The van der Waals surface area contributed by atoms with Gasteiger partial charge in [-0.3, -0.25) is 14.5 Å². The van der Waals surface area contributed by atoms with Gasteiger partial charge in [0.2, 0.25) is 11.3 Å². The number of anilines is 2. The summed E-state index contributed by atoms with van der Waals surface area (Å²) in [5.74, 6) is -2.36. The Bertz CT molecular complexity index is 1260. The molecule has 35 heavy (non-hydrogen) atoms. The molecule has 1 aliphatic rings. The third-order valence-electron chi connectivity index (χ3n) is 5.87. The second-order valence-electron chi connectivity index (χ2n) is 8.24. The first-order chi connectivity index (χ1) is 16.8. The predicted molar refractivity (Wildman–Crippen MR) is 126 cm³/mol. The van der Waals surface area contributed by atoms with Crippen LogP contribution in [0.15, 0.2) is 59.5 Å². The fraction of sp³-hybridized carbons (Fsp3) is 0.280. The predicted octanol–water partition coefficient (Wildman–Crippen LogP) is 3.24. The monoisotopic (exact) mass is 486 g/mol. The molecule has 2 aromatic carbocycles. The largest absolute Gasteiger partial charge is 0.491 e. The van der Waals surface area contributed by atoms with E-state index in [4.69, 9.17) is 4.74 Å². The molecular formula is C25H25F3N4O3. The summed E-state index contributed by atoms with van der Waals surface area (Å²) in [6.45, 7) is 3.05. The topological polar surface area (TPSA) is 66.8 Å². The van der Waals surface area contributed by atoms with Gasteiger partial charge in [0, 0.05) is 56.2 Å². The van der Waals surface area contributed by atoms with E-state index in [0.29, 0.717) is 31.4 Å². The summed E-state index contributed by atoms with van der Waals surface area (Å²) in [5, 5.41) is 2.43. The molecular weight excluding hydrogens is 461 g/mol. The van der Waals surface area contributed by atoms with Gasteiger partial charge in [-0.05, 0) is 36.4 Å². The van der Waals surface area contributed by atoms with Crippen LogP contribution in [0.1, 0.15) is 5.69 Å². The van der Waals surface area contributed by atoms with Crippen molar-refractivity contribution in [2.75, 3.05) is 43.5 Å². The van der Waals surface area contributed by atoms with E-state index in [1.54, 1.807) is 16.7 Å². The van der Waals surface area contributed by atoms with Crippen LogP contribution in [-0.2, 0) is 17.9 Å². The van der Waals surface area contributed by atoms with Gasteiger partial charge < -0.3 is 19.5 Å². The first-order valence-electron chi connectivity index (χ1n) is 11.1. The van der Waals surface area contributed by atoms with Crippen LogP contribution in [0.5, 0.6) is 5.75 Å². The number of carbonyl (C=O) groups is 1. The Morgan fingerprint density at radius 2 is 1.66 bits per heavy atom. The lowest BCUT2D eigenvalue weighted by Crippen LogP contribution is -2.46. The standard InChI is InChI=1S/C25H25F3N4O3/c1-35-24-15-32(16-25(34)29-22-7-4-18(27)12-21(22)28)20(13-23(24)33)14-30-8-10-31(11-9-30)19-5-2-17(26)3-6-19/h2-7,12-13,15H,8-11,14,16H2,1H3,(H,29,34). The molecule has 0 atom stereocenters. The van der Waals surface area contributed by atoms with E-state index in [1.807, 2.05) is 0 Å². The second-order valence-corrected chi connectivity index (χ2v) is 8.24. The summed E-state index contributed by atoms with van der Waals surface area (Å²) in [6.07, 6.45) is 1.45. The summed E-state index contributed by atoms with van der Waals surface area (Å²) >= 11 is 0. The first kappa shape index (κ1) is 24.3. The number of methoxy groups -OCH3 is 1. The molecule has 1 aromatic heterocycles. The van der Waals surface area contributed by atoms with E-state index in [-0.39, 0.29) is 29.2 Å². The molecule has 0 spiro atoms. The van der Waals surface area contributed by atoms with Crippen molar-refractivity contribution in [1.82, 2.24) is 9.47 Å². The summed E-state index contributed by atoms with van der Waals surface area (Å²) in [6, 6.07) is 10.7. The third-order valence-corrected chi connectivity index (χ3v) is 5.87. The highest BCUT2D eigenvalue weighted by molar-refractivity contribution is 5.90. The van der Waals surface area contributed by atoms with Crippen LogP contribution in [0.25, 0.3) is 0 Å². The molecule has 2 heterocycles. The van der Waals surface area contributed by atoms with Crippen LogP contribution in [0.2, 0.25) is 0 Å². The first-order valence-corrected chi connectivity index (χ1v) is 11.1. The summed E-state index contributed by atoms with van der Waals surface area (Å²) in [5.41, 5.74) is 1.09. The average molecular weight is 486 g/mol. The van der Waals surface area contributed by atoms with Crippen LogP contribution in [0.3, 0.4) is 0 Å². The van der Waals surface area contributed by atoms with Gasteiger partial charge in [0.1, 0.15) is 24.0 Å². The molecule has 0 saturated carbocycles. The Morgan fingerprint density at radius 1 is 0.971 bits per heavy atom. The average Bonchev–Trinajstić information content (AvgIpc) is 2.83. The lowest BCUT2D eigenvalue weighted by molar-refractivity contribution is -0.116. The molecule has 0 radical (unpaired) electrons. The molecule has 10 heteroatoms. The summed E-state index contributed by atoms with van der Waals surface area (Å²) in [7, 11) is 1.36. The van der Waals surface area contributed by atoms with Crippen LogP contribution in [-0.4, -0.2) is 48.7 Å². The van der Waals surface area contributed by atoms with Crippen LogP contribution in [0, 0.1) is 17.5 Å². The Hall–Kier alpha value is -3.79. The second kappa shape index (κ2) is 10.6. The van der Waals surface area contributed by atoms with Gasteiger partial charge in [0.25, 0.3) is 0 Å². The molecule has 0 unspecified atom stereocenters. The Labute approximate surface area is 200 Å². The van der Waals surface area contributed by atoms with Gasteiger partial charge in [-0.15, -0.1) is 0 Å². The number of benzene rings is 2. The quantitative estimate of drug-likeness (QED) is 0.556. The van der Waals surface area contributed by atoms with Crippen molar-refractivity contribution in [3.63, 3.8) is 0 Å². The smallest absolute Gasteiger partial charge is 0.244 e. The number of ether oxygens (including phenoxy) is 1. The Kier molecular flexibility index (Phi) is 7.40. The van der Waals surface area contributed by atoms with E-state index in [2.05, 4.69) is 15.1 Å². The van der Waals surface area contributed by atoms with E-state index < -0.39 is 17.5 Å². The van der Waals surface area contributed by atoms with E-state index in [1.165, 1.54) is 31.5 Å². The normalized spacial score (nSPS) is 14.1. The van der Waals surface area contributed by atoms with Crippen molar-refractivity contribution in [3.8, 4) is 5.75 Å². The van der Waals surface area contributed by atoms with E-state index in [0.717, 1.165) is 30.9 Å². The van der Waals surface area contributed by atoms with Gasteiger partial charge in [0.15, 0.2) is 5.75 Å². The van der Waals surface area contributed by atoms with Crippen molar-refractivity contribution in [1.29, 1.82) is 0 Å². The summed E-state index contributed by atoms with van der Waals surface area (Å²) < 4.78 is 47.0. The molecule has 7 nitrogen and oxygen atoms in total. The van der Waals surface area contributed by atoms with Gasteiger partial charge >= 0.3 is 0 Å². The summed E-state index contributed by atoms with van der Waals surface area (Å²) in [4.78, 5) is 29.3. The molecule has 1 amide bonds. The molecule has 1 aliphatic heterocycles. The van der Waals surface area contributed by atoms with Gasteiger partial charge in [0.05, 0.1) is 19.0 Å². The van der Waals surface area contributed by atoms with Gasteiger partial charge in [-0.25, -0.2) is 13.2 Å². The van der Waals surface area contributed by atoms with Gasteiger partial charge in [-0.1, -0.05) is 0 Å². The number of aromatic nitrogens is 1. The van der Waals surface area contributed by atoms with Crippen molar-refractivity contribution in [3.05, 3.63) is 88.1 Å². The number of nitrogens with one attached hydrogen (secondary N) is 1. The molecule has 1 saturated heterocycles. The van der Waals surface area contributed by atoms with Crippen LogP contribution in [0.4, 0.5) is 24.5 Å². The Morgan fingerprint density at radius 3 is 2.31 bits per heavy atom. The van der Waals surface area contributed by atoms with Crippen LogP contribution >= 0.6 is 0 Å². The van der Waals surface area contributed by atoms with E-state index >= 15 is 0 Å². The number of carbonyl (C=O) groups excluding carboxylic acids is 1. The lowest BCUT2D eigenvalue weighted by Gasteiger charge is -2.36. The maximum atomic E-state index is 13.9. The fourth-order valence-electron chi connectivity index (χ4n) is 4.01. The lowest BCUT2D eigenvalue weighted by atomic mass is 10.2. The zero-order chi connectivity index (χ0) is 24.9. The number of amides is 1.